The van der Waals surface area contributed by atoms with Crippen molar-refractivity contribution in [3.05, 3.63) is 21.3 Å². The van der Waals surface area contributed by atoms with Gasteiger partial charge in [0.15, 0.2) is 0 Å². The summed E-state index contributed by atoms with van der Waals surface area (Å²) in [6, 6.07) is 3.09. The van der Waals surface area contributed by atoms with Gasteiger partial charge >= 0.3 is 5.97 Å². The second-order valence-corrected chi connectivity index (χ2v) is 7.46. The third-order valence-corrected chi connectivity index (χ3v) is 5.55. The van der Waals surface area contributed by atoms with Crippen molar-refractivity contribution >= 4 is 46.6 Å². The van der Waals surface area contributed by atoms with Gasteiger partial charge in [-0.15, -0.1) is 23.1 Å². The maximum atomic E-state index is 12.2. The fraction of sp³-hybridized carbons (Fsp3) is 0.538. The molecule has 2 atom stereocenters. The Morgan fingerprint density at radius 1 is 1.57 bits per heavy atom. The molecule has 1 aliphatic rings. The number of hydrogen-bond acceptors (Lipinski definition) is 6. The molecular formula is C13H16ClNO4S2. The summed E-state index contributed by atoms with van der Waals surface area (Å²) in [7, 11) is 1.28. The number of esters is 1. The van der Waals surface area contributed by atoms with E-state index in [0.29, 0.717) is 5.75 Å². The summed E-state index contributed by atoms with van der Waals surface area (Å²) in [6.07, 6.45) is -0.428. The lowest BCUT2D eigenvalue weighted by Gasteiger charge is -2.22. The number of aliphatic hydroxyl groups excluding tert-OH is 1. The Labute approximate surface area is 136 Å². The maximum Gasteiger partial charge on any atom is 0.328 e. The number of nitrogens with zero attached hydrogens (tertiary/aromatic N) is 1. The Morgan fingerprint density at radius 2 is 2.33 bits per heavy atom. The first-order chi connectivity index (χ1) is 10.0. The normalized spacial score (nSPS) is 21.6. The monoisotopic (exact) mass is 349 g/mol. The van der Waals surface area contributed by atoms with Crippen molar-refractivity contribution in [1.82, 2.24) is 4.90 Å². The van der Waals surface area contributed by atoms with E-state index in [1.54, 1.807) is 0 Å². The molecule has 1 aliphatic heterocycles. The van der Waals surface area contributed by atoms with Crippen LogP contribution >= 0.6 is 34.7 Å². The van der Waals surface area contributed by atoms with Crippen LogP contribution in [0.15, 0.2) is 12.1 Å². The zero-order chi connectivity index (χ0) is 15.4. The standard InChI is InChI=1S/C13H16ClNO4S2/c1-19-13(18)10-4-8(16)5-15(10)12(17)7-20-6-9-2-3-11(14)21-9/h2-3,8,10,16H,4-7H2,1H3. The Hall–Kier alpha value is -0.760. The average Bonchev–Trinajstić information content (AvgIpc) is 3.04. The van der Waals surface area contributed by atoms with E-state index in [0.717, 1.165) is 9.21 Å². The molecule has 2 unspecified atom stereocenters. The maximum absolute atomic E-state index is 12.2. The first-order valence-electron chi connectivity index (χ1n) is 6.38. The van der Waals surface area contributed by atoms with Gasteiger partial charge in [0.25, 0.3) is 0 Å². The average molecular weight is 350 g/mol. The highest BCUT2D eigenvalue weighted by Crippen LogP contribution is 2.26. The van der Waals surface area contributed by atoms with Crippen LogP contribution in [-0.4, -0.2) is 53.4 Å². The van der Waals surface area contributed by atoms with E-state index < -0.39 is 18.1 Å². The number of hydrogen-bond donors (Lipinski definition) is 1. The topological polar surface area (TPSA) is 66.8 Å². The van der Waals surface area contributed by atoms with Gasteiger partial charge in [-0.25, -0.2) is 4.79 Å². The van der Waals surface area contributed by atoms with Crippen molar-refractivity contribution in [3.63, 3.8) is 0 Å². The number of β-amino-alcohol motifs (C(OH)–C–C–N with tert-alkyl or cyclic N) is 1. The number of rotatable bonds is 5. The number of thiophene rings is 1. The quantitative estimate of drug-likeness (QED) is 0.821. The summed E-state index contributed by atoms with van der Waals surface area (Å²) in [6.45, 7) is 0.185. The third kappa shape index (κ3) is 4.35. The summed E-state index contributed by atoms with van der Waals surface area (Å²) >= 11 is 8.80. The van der Waals surface area contributed by atoms with Gasteiger partial charge in [0.05, 0.1) is 23.3 Å². The molecule has 8 heteroatoms. The summed E-state index contributed by atoms with van der Waals surface area (Å²) in [5.41, 5.74) is 0. The first kappa shape index (κ1) is 16.6. The van der Waals surface area contributed by atoms with E-state index >= 15 is 0 Å². The van der Waals surface area contributed by atoms with Crippen molar-refractivity contribution in [1.29, 1.82) is 0 Å². The molecule has 1 amide bonds. The highest BCUT2D eigenvalue weighted by Gasteiger charge is 2.39. The largest absolute Gasteiger partial charge is 0.467 e. The molecule has 1 fully saturated rings. The second kappa shape index (κ2) is 7.49. The van der Waals surface area contributed by atoms with Gasteiger partial charge in [0.2, 0.25) is 5.91 Å². The summed E-state index contributed by atoms with van der Waals surface area (Å²) in [5, 5.41) is 9.65. The van der Waals surface area contributed by atoms with Crippen molar-refractivity contribution in [3.8, 4) is 0 Å². The number of halogens is 1. The number of carbonyl (C=O) groups excluding carboxylic acids is 2. The molecule has 21 heavy (non-hydrogen) atoms. The number of ether oxygens (including phenoxy) is 1. The van der Waals surface area contributed by atoms with E-state index in [-0.39, 0.29) is 24.6 Å². The number of amides is 1. The minimum Gasteiger partial charge on any atom is -0.467 e. The van der Waals surface area contributed by atoms with Crippen LogP contribution in [0.3, 0.4) is 0 Å². The van der Waals surface area contributed by atoms with Crippen molar-refractivity contribution in [2.75, 3.05) is 19.4 Å². The van der Waals surface area contributed by atoms with E-state index in [2.05, 4.69) is 4.74 Å². The number of aliphatic hydroxyl groups is 1. The lowest BCUT2D eigenvalue weighted by atomic mass is 10.2. The molecule has 0 aromatic carbocycles. The predicted octanol–water partition coefficient (Wildman–Crippen LogP) is 1.77. The Bertz CT molecular complexity index is 522. The summed E-state index contributed by atoms with van der Waals surface area (Å²) in [4.78, 5) is 26.3. The smallest absolute Gasteiger partial charge is 0.328 e. The molecule has 116 valence electrons. The van der Waals surface area contributed by atoms with Crippen molar-refractivity contribution in [2.24, 2.45) is 0 Å². The molecule has 2 rings (SSSR count). The molecule has 1 aromatic heterocycles. The molecule has 2 heterocycles. The van der Waals surface area contributed by atoms with E-state index in [9.17, 15) is 14.7 Å². The lowest BCUT2D eigenvalue weighted by molar-refractivity contribution is -0.150. The van der Waals surface area contributed by atoms with Crippen LogP contribution in [0, 0.1) is 0 Å². The number of methoxy groups -OCH3 is 1. The second-order valence-electron chi connectivity index (χ2n) is 4.67. The number of likely N-dealkylation sites (tertiary alicyclic amines) is 1. The van der Waals surface area contributed by atoms with Gasteiger partial charge < -0.3 is 14.7 Å². The fourth-order valence-corrected chi connectivity index (χ4v) is 4.31. The van der Waals surface area contributed by atoms with Crippen LogP contribution in [0.2, 0.25) is 4.34 Å². The van der Waals surface area contributed by atoms with Crippen LogP contribution in [0.1, 0.15) is 11.3 Å². The zero-order valence-corrected chi connectivity index (χ0v) is 13.8. The van der Waals surface area contributed by atoms with Gasteiger partial charge in [-0.1, -0.05) is 11.6 Å². The van der Waals surface area contributed by atoms with Crippen LogP contribution in [0.5, 0.6) is 0 Å². The van der Waals surface area contributed by atoms with Gasteiger partial charge in [0, 0.05) is 23.6 Å². The van der Waals surface area contributed by atoms with Crippen LogP contribution in [0.4, 0.5) is 0 Å². The van der Waals surface area contributed by atoms with Gasteiger partial charge in [-0.05, 0) is 12.1 Å². The number of carbonyl (C=O) groups is 2. The molecule has 1 saturated heterocycles. The Morgan fingerprint density at radius 3 is 2.95 bits per heavy atom. The van der Waals surface area contributed by atoms with Gasteiger partial charge in [0.1, 0.15) is 6.04 Å². The van der Waals surface area contributed by atoms with Crippen LogP contribution in [0.25, 0.3) is 0 Å². The molecule has 0 aliphatic carbocycles. The first-order valence-corrected chi connectivity index (χ1v) is 8.73. The highest BCUT2D eigenvalue weighted by molar-refractivity contribution is 7.99. The fourth-order valence-electron chi connectivity index (χ4n) is 2.20. The van der Waals surface area contributed by atoms with E-state index in [1.165, 1.54) is 35.1 Å². The van der Waals surface area contributed by atoms with Crippen molar-refractivity contribution < 1.29 is 19.4 Å². The summed E-state index contributed by atoms with van der Waals surface area (Å²) in [5.74, 6) is 0.322. The molecule has 1 aromatic rings. The van der Waals surface area contributed by atoms with Crippen LogP contribution < -0.4 is 0 Å². The Kier molecular flexibility index (Phi) is 5.92. The van der Waals surface area contributed by atoms with Gasteiger partial charge in [-0.3, -0.25) is 4.79 Å². The highest BCUT2D eigenvalue weighted by atomic mass is 35.5. The van der Waals surface area contributed by atoms with Gasteiger partial charge in [-0.2, -0.15) is 0 Å². The Balaban J connectivity index is 1.85. The molecule has 0 saturated carbocycles. The predicted molar refractivity (Wildman–Crippen MR) is 83.6 cm³/mol. The third-order valence-electron chi connectivity index (χ3n) is 3.17. The van der Waals surface area contributed by atoms with E-state index in [1.807, 2.05) is 12.1 Å². The summed E-state index contributed by atoms with van der Waals surface area (Å²) < 4.78 is 5.40. The molecular weight excluding hydrogens is 334 g/mol. The molecule has 1 N–H and O–H groups in total. The zero-order valence-electron chi connectivity index (χ0n) is 11.5. The van der Waals surface area contributed by atoms with E-state index in [4.69, 9.17) is 11.6 Å². The molecule has 0 bridgehead atoms. The minimum atomic E-state index is -0.672. The molecule has 5 nitrogen and oxygen atoms in total. The molecule has 0 radical (unpaired) electrons. The van der Waals surface area contributed by atoms with Crippen molar-refractivity contribution in [2.45, 2.75) is 24.3 Å². The molecule has 0 spiro atoms. The SMILES string of the molecule is COC(=O)C1CC(O)CN1C(=O)CSCc1ccc(Cl)s1. The number of thioether (sulfide) groups is 1. The lowest BCUT2D eigenvalue weighted by Crippen LogP contribution is -2.42. The minimum absolute atomic E-state index is 0.158. The van der Waals surface area contributed by atoms with Crippen LogP contribution in [-0.2, 0) is 20.1 Å².